The fourth-order valence-corrected chi connectivity index (χ4v) is 0. The van der Waals surface area contributed by atoms with E-state index in [1.807, 2.05) is 0 Å². The van der Waals surface area contributed by atoms with Crippen LogP contribution in [0.1, 0.15) is 0 Å². The Morgan fingerprint density at radius 1 is 1.14 bits per heavy atom. The summed E-state index contributed by atoms with van der Waals surface area (Å²) >= 11 is 0. The van der Waals surface area contributed by atoms with Crippen molar-refractivity contribution in [2.75, 3.05) is 0 Å². The van der Waals surface area contributed by atoms with Crippen LogP contribution in [0.2, 0.25) is 0 Å². The van der Waals surface area contributed by atoms with Crippen molar-refractivity contribution in [2.45, 2.75) is 0 Å². The van der Waals surface area contributed by atoms with Gasteiger partial charge in [0.15, 0.2) is 0 Å². The first-order valence-electron chi connectivity index (χ1n) is 0.698. The van der Waals surface area contributed by atoms with Gasteiger partial charge in [-0.2, -0.15) is 8.42 Å². The molecular formula is H5NO4STb. The van der Waals surface area contributed by atoms with Crippen LogP contribution in [0, 0.1) is 38.6 Å². The van der Waals surface area contributed by atoms with Crippen molar-refractivity contribution in [1.82, 2.24) is 6.15 Å². The van der Waals surface area contributed by atoms with E-state index in [1.54, 1.807) is 0 Å². The quantitative estimate of drug-likeness (QED) is 0.516. The molecule has 0 amide bonds. The summed E-state index contributed by atoms with van der Waals surface area (Å²) in [7, 11) is -4.67. The zero-order valence-electron chi connectivity index (χ0n) is 3.16. The maximum absolute atomic E-state index is 8.74. The second-order valence-corrected chi connectivity index (χ2v) is 1.34. The van der Waals surface area contributed by atoms with E-state index in [9.17, 15) is 0 Å². The van der Waals surface area contributed by atoms with Crippen LogP contribution in [0.4, 0.5) is 0 Å². The van der Waals surface area contributed by atoms with E-state index in [1.165, 1.54) is 0 Å². The topological polar surface area (TPSA) is 110 Å². The predicted molar refractivity (Wildman–Crippen MR) is 19.2 cm³/mol. The van der Waals surface area contributed by atoms with Crippen LogP contribution in [0.5, 0.6) is 0 Å². The van der Waals surface area contributed by atoms with E-state index < -0.39 is 10.4 Å². The van der Waals surface area contributed by atoms with Crippen molar-refractivity contribution in [2.24, 2.45) is 0 Å². The molecule has 49 valence electrons. The zero-order chi connectivity index (χ0) is 4.50. The Balaban J connectivity index is -0.0000000800. The normalized spacial score (nSPS) is 8.29. The molecule has 0 saturated heterocycles. The third-order valence-electron chi connectivity index (χ3n) is 0. The molecule has 5 nitrogen and oxygen atoms in total. The van der Waals surface area contributed by atoms with Crippen molar-refractivity contribution in [3.63, 3.8) is 0 Å². The van der Waals surface area contributed by atoms with Gasteiger partial charge in [-0.15, -0.1) is 0 Å². The Bertz CT molecular complexity index is 94.9. The average molecular weight is 274 g/mol. The van der Waals surface area contributed by atoms with Crippen LogP contribution in [0.15, 0.2) is 0 Å². The Hall–Kier alpha value is 1.12. The molecule has 0 aliphatic rings. The van der Waals surface area contributed by atoms with E-state index in [2.05, 4.69) is 0 Å². The molecule has 0 fully saturated rings. The molecule has 0 aromatic heterocycles. The van der Waals surface area contributed by atoms with Gasteiger partial charge in [-0.3, -0.25) is 9.11 Å². The van der Waals surface area contributed by atoms with Gasteiger partial charge in [0.25, 0.3) is 0 Å². The van der Waals surface area contributed by atoms with Gasteiger partial charge in [0.05, 0.1) is 0 Å². The third kappa shape index (κ3) is 150. The third-order valence-corrected chi connectivity index (χ3v) is 0. The van der Waals surface area contributed by atoms with Crippen molar-refractivity contribution < 1.29 is 56.1 Å². The predicted octanol–water partition coefficient (Wildman–Crippen LogP) is -0.491. The molecule has 0 aromatic rings. The minimum atomic E-state index is -4.67. The molecule has 0 heterocycles. The van der Waals surface area contributed by atoms with Gasteiger partial charge in [0.2, 0.25) is 0 Å². The molecule has 0 aliphatic heterocycles. The minimum absolute atomic E-state index is 0. The van der Waals surface area contributed by atoms with Gasteiger partial charge in [-0.05, 0) is 0 Å². The molecule has 0 aliphatic carbocycles. The molecule has 7 heteroatoms. The Morgan fingerprint density at radius 2 is 1.14 bits per heavy atom. The summed E-state index contributed by atoms with van der Waals surface area (Å²) in [4.78, 5) is 0. The summed E-state index contributed by atoms with van der Waals surface area (Å²) in [5, 5.41) is 0. The number of hydrogen-bond acceptors (Lipinski definition) is 3. The SMILES string of the molecule is N.O=S(=O)(O)O.[Tb]. The monoisotopic (exact) mass is 274 g/mol. The Kier molecular flexibility index (Phi) is 11.8. The van der Waals surface area contributed by atoms with Crippen molar-refractivity contribution >= 4 is 10.4 Å². The van der Waals surface area contributed by atoms with Crippen LogP contribution in [0.3, 0.4) is 0 Å². The molecule has 0 rings (SSSR count). The summed E-state index contributed by atoms with van der Waals surface area (Å²) in [5.74, 6) is 0. The van der Waals surface area contributed by atoms with E-state index >= 15 is 0 Å². The van der Waals surface area contributed by atoms with Crippen LogP contribution in [-0.2, 0) is 10.4 Å². The number of hydrogen-bond donors (Lipinski definition) is 3. The first-order chi connectivity index (χ1) is 2.00. The maximum Gasteiger partial charge on any atom is 0.394 e. The summed E-state index contributed by atoms with van der Waals surface area (Å²) in [6, 6.07) is 0. The van der Waals surface area contributed by atoms with E-state index in [0.29, 0.717) is 0 Å². The van der Waals surface area contributed by atoms with Gasteiger partial charge in [0, 0.05) is 38.6 Å². The fourth-order valence-electron chi connectivity index (χ4n) is 0. The van der Waals surface area contributed by atoms with E-state index in [4.69, 9.17) is 17.5 Å². The molecule has 0 spiro atoms. The fraction of sp³-hybridized carbons (Fsp3) is 0. The van der Waals surface area contributed by atoms with Gasteiger partial charge in [-0.25, -0.2) is 0 Å². The molecule has 5 N–H and O–H groups in total. The molecule has 0 atom stereocenters. The maximum atomic E-state index is 8.74. The average Bonchev–Trinajstić information content (AvgIpc) is 0.722. The summed E-state index contributed by atoms with van der Waals surface area (Å²) in [5.41, 5.74) is 0. The standard InChI is InChI=1S/H3N.H2O4S.Tb/c;1-5(2,3)4;/h1H3;(H2,1,2,3,4);. The van der Waals surface area contributed by atoms with Crippen molar-refractivity contribution in [1.29, 1.82) is 0 Å². The summed E-state index contributed by atoms with van der Waals surface area (Å²) in [6.45, 7) is 0. The summed E-state index contributed by atoms with van der Waals surface area (Å²) < 4.78 is 31.6. The van der Waals surface area contributed by atoms with Crippen molar-refractivity contribution in [3.8, 4) is 0 Å². The van der Waals surface area contributed by atoms with Crippen LogP contribution in [0.25, 0.3) is 0 Å². The second kappa shape index (κ2) is 5.26. The molecule has 0 unspecified atom stereocenters. The molecule has 0 aromatic carbocycles. The zero-order valence-corrected chi connectivity index (χ0v) is 6.11. The van der Waals surface area contributed by atoms with Crippen LogP contribution < -0.4 is 6.15 Å². The molecular weight excluding hydrogens is 269 g/mol. The molecule has 7 heavy (non-hydrogen) atoms. The smallest absolute Gasteiger partial charge is 0.344 e. The van der Waals surface area contributed by atoms with Gasteiger partial charge >= 0.3 is 10.4 Å². The molecule has 0 saturated carbocycles. The number of rotatable bonds is 0. The molecule has 0 bridgehead atoms. The van der Waals surface area contributed by atoms with E-state index in [-0.39, 0.29) is 44.8 Å². The van der Waals surface area contributed by atoms with E-state index in [0.717, 1.165) is 0 Å². The Morgan fingerprint density at radius 3 is 1.14 bits per heavy atom. The Labute approximate surface area is 72.1 Å². The summed E-state index contributed by atoms with van der Waals surface area (Å²) in [6.07, 6.45) is 0. The first kappa shape index (κ1) is 15.7. The van der Waals surface area contributed by atoms with Crippen LogP contribution >= 0.6 is 0 Å². The molecule has 1 radical (unpaired) electrons. The largest absolute Gasteiger partial charge is 0.394 e. The van der Waals surface area contributed by atoms with Gasteiger partial charge < -0.3 is 6.15 Å². The first-order valence-corrected chi connectivity index (χ1v) is 2.10. The van der Waals surface area contributed by atoms with Gasteiger partial charge in [0.1, 0.15) is 0 Å². The van der Waals surface area contributed by atoms with Gasteiger partial charge in [-0.1, -0.05) is 0 Å². The van der Waals surface area contributed by atoms with Crippen molar-refractivity contribution in [3.05, 3.63) is 0 Å². The minimum Gasteiger partial charge on any atom is -0.344 e. The second-order valence-electron chi connectivity index (χ2n) is 0.448. The van der Waals surface area contributed by atoms with Crippen LogP contribution in [-0.4, -0.2) is 17.5 Å².